The number of nitrogens with one attached hydrogen (secondary N) is 3. The fourth-order valence-corrected chi connectivity index (χ4v) is 3.95. The van der Waals surface area contributed by atoms with Crippen LogP contribution in [0.1, 0.15) is 40.5 Å². The van der Waals surface area contributed by atoms with Gasteiger partial charge in [0, 0.05) is 12.2 Å². The van der Waals surface area contributed by atoms with E-state index in [4.69, 9.17) is 10.5 Å². The standard InChI is InChI=1S/C24H31N5O4.2ClH/c1-14-19(7-8-21(25)28-14)13-27-22(30)15(2)29-23(31)20-11-17(12-26-20)9-16-5-4-6-18(10-16)24(32)33-3;;/h4-8,10,15,17,20,26H,9,11-13H2,1-3H3,(H2,25,28)(H,27,30)(H,29,31);2*1H/t15?,17-,20+;;/m0../s1. The maximum Gasteiger partial charge on any atom is 0.337 e. The fraction of sp³-hybridized carbons (Fsp3) is 0.417. The maximum atomic E-state index is 12.7. The lowest BCUT2D eigenvalue weighted by Gasteiger charge is -2.17. The third-order valence-electron chi connectivity index (χ3n) is 5.83. The predicted octanol–water partition coefficient (Wildman–Crippen LogP) is 1.94. The van der Waals surface area contributed by atoms with E-state index in [1.807, 2.05) is 31.2 Å². The number of rotatable bonds is 8. The second kappa shape index (κ2) is 13.9. The number of esters is 1. The van der Waals surface area contributed by atoms with Gasteiger partial charge in [-0.3, -0.25) is 9.59 Å². The molecule has 2 heterocycles. The number of carbonyl (C=O) groups is 3. The highest BCUT2D eigenvalue weighted by atomic mass is 35.5. The molecular weight excluding hydrogens is 493 g/mol. The Morgan fingerprint density at radius 1 is 1.23 bits per heavy atom. The topological polar surface area (TPSA) is 135 Å². The summed E-state index contributed by atoms with van der Waals surface area (Å²) in [4.78, 5) is 41.0. The number of carbonyl (C=O) groups excluding carboxylic acids is 3. The first-order valence-electron chi connectivity index (χ1n) is 11.0. The molecule has 0 radical (unpaired) electrons. The molecule has 0 saturated carbocycles. The third kappa shape index (κ3) is 8.38. The number of pyridine rings is 1. The molecule has 1 fully saturated rings. The van der Waals surface area contributed by atoms with Gasteiger partial charge in [0.15, 0.2) is 0 Å². The number of amides is 2. The first-order chi connectivity index (χ1) is 15.8. The zero-order valence-electron chi connectivity index (χ0n) is 20.0. The average Bonchev–Trinajstić information content (AvgIpc) is 3.26. The van der Waals surface area contributed by atoms with Crippen molar-refractivity contribution in [2.24, 2.45) is 5.92 Å². The fourth-order valence-electron chi connectivity index (χ4n) is 3.95. The number of nitrogens with zero attached hydrogens (tertiary/aromatic N) is 1. The molecular formula is C24H33Cl2N5O4. The van der Waals surface area contributed by atoms with E-state index in [9.17, 15) is 14.4 Å². The van der Waals surface area contributed by atoms with Crippen molar-refractivity contribution in [3.8, 4) is 0 Å². The molecule has 5 N–H and O–H groups in total. The first kappa shape index (κ1) is 30.2. The van der Waals surface area contributed by atoms with E-state index in [1.165, 1.54) is 7.11 Å². The van der Waals surface area contributed by atoms with Crippen LogP contribution in [0.15, 0.2) is 36.4 Å². The summed E-state index contributed by atoms with van der Waals surface area (Å²) in [6.07, 6.45) is 1.39. The number of nitrogens with two attached hydrogens (primary N) is 1. The van der Waals surface area contributed by atoms with Crippen molar-refractivity contribution in [2.75, 3.05) is 19.4 Å². The summed E-state index contributed by atoms with van der Waals surface area (Å²) in [5, 5.41) is 8.84. The van der Waals surface area contributed by atoms with Gasteiger partial charge >= 0.3 is 5.97 Å². The molecule has 1 saturated heterocycles. The van der Waals surface area contributed by atoms with Crippen LogP contribution in [0, 0.1) is 12.8 Å². The van der Waals surface area contributed by atoms with Crippen LogP contribution < -0.4 is 21.7 Å². The number of nitrogen functional groups attached to an aromatic ring is 1. The molecule has 1 aromatic carbocycles. The number of hydrogen-bond donors (Lipinski definition) is 4. The second-order valence-corrected chi connectivity index (χ2v) is 8.39. The molecule has 192 valence electrons. The Balaban J connectivity index is 0.00000306. The predicted molar refractivity (Wildman–Crippen MR) is 139 cm³/mol. The molecule has 2 aromatic rings. The molecule has 2 amide bonds. The molecule has 0 spiro atoms. The Bertz CT molecular complexity index is 1040. The zero-order valence-corrected chi connectivity index (χ0v) is 21.6. The summed E-state index contributed by atoms with van der Waals surface area (Å²) in [7, 11) is 1.36. The van der Waals surface area contributed by atoms with Gasteiger partial charge < -0.3 is 26.4 Å². The lowest BCUT2D eigenvalue weighted by Crippen LogP contribution is -2.50. The molecule has 0 bridgehead atoms. The number of hydrogen-bond acceptors (Lipinski definition) is 7. The van der Waals surface area contributed by atoms with Gasteiger partial charge in [0.25, 0.3) is 0 Å². The maximum absolute atomic E-state index is 12.7. The van der Waals surface area contributed by atoms with Gasteiger partial charge in [0.05, 0.1) is 18.7 Å². The Morgan fingerprint density at radius 3 is 2.66 bits per heavy atom. The number of ether oxygens (including phenoxy) is 1. The summed E-state index contributed by atoms with van der Waals surface area (Å²) in [5.74, 6) is -0.156. The highest BCUT2D eigenvalue weighted by Gasteiger charge is 2.31. The van der Waals surface area contributed by atoms with Crippen LogP contribution in [-0.2, 0) is 27.3 Å². The Hall–Kier alpha value is -2.88. The highest BCUT2D eigenvalue weighted by molar-refractivity contribution is 5.90. The van der Waals surface area contributed by atoms with E-state index < -0.39 is 6.04 Å². The lowest BCUT2D eigenvalue weighted by molar-refractivity contribution is -0.129. The Morgan fingerprint density at radius 2 is 1.97 bits per heavy atom. The van der Waals surface area contributed by atoms with Gasteiger partial charge in [-0.2, -0.15) is 0 Å². The van der Waals surface area contributed by atoms with Crippen molar-refractivity contribution in [3.63, 3.8) is 0 Å². The van der Waals surface area contributed by atoms with E-state index >= 15 is 0 Å². The van der Waals surface area contributed by atoms with E-state index in [-0.39, 0.29) is 54.6 Å². The van der Waals surface area contributed by atoms with E-state index in [0.29, 0.717) is 30.9 Å². The van der Waals surface area contributed by atoms with Gasteiger partial charge in [-0.1, -0.05) is 18.2 Å². The van der Waals surface area contributed by atoms with Crippen molar-refractivity contribution in [1.82, 2.24) is 20.9 Å². The van der Waals surface area contributed by atoms with Crippen molar-refractivity contribution in [2.45, 2.75) is 45.3 Å². The summed E-state index contributed by atoms with van der Waals surface area (Å²) >= 11 is 0. The van der Waals surface area contributed by atoms with Crippen molar-refractivity contribution in [3.05, 3.63) is 58.8 Å². The second-order valence-electron chi connectivity index (χ2n) is 8.39. The largest absolute Gasteiger partial charge is 0.465 e. The molecule has 35 heavy (non-hydrogen) atoms. The van der Waals surface area contributed by atoms with E-state index in [0.717, 1.165) is 23.2 Å². The van der Waals surface area contributed by atoms with Crippen LogP contribution in [-0.4, -0.2) is 48.5 Å². The summed E-state index contributed by atoms with van der Waals surface area (Å²) in [6, 6.07) is 9.81. The number of methoxy groups -OCH3 is 1. The van der Waals surface area contributed by atoms with Gasteiger partial charge in [0.2, 0.25) is 11.8 Å². The quantitative estimate of drug-likeness (QED) is 0.386. The molecule has 11 heteroatoms. The minimum Gasteiger partial charge on any atom is -0.465 e. The van der Waals surface area contributed by atoms with E-state index in [1.54, 1.807) is 19.1 Å². The van der Waals surface area contributed by atoms with Crippen LogP contribution in [0.2, 0.25) is 0 Å². The van der Waals surface area contributed by atoms with Crippen LogP contribution >= 0.6 is 24.8 Å². The highest BCUT2D eigenvalue weighted by Crippen LogP contribution is 2.20. The van der Waals surface area contributed by atoms with Gasteiger partial charge in [-0.05, 0) is 68.5 Å². The van der Waals surface area contributed by atoms with Gasteiger partial charge in [0.1, 0.15) is 11.9 Å². The first-order valence-corrected chi connectivity index (χ1v) is 11.0. The lowest BCUT2D eigenvalue weighted by atomic mass is 9.95. The van der Waals surface area contributed by atoms with Gasteiger partial charge in [-0.25, -0.2) is 9.78 Å². The van der Waals surface area contributed by atoms with E-state index in [2.05, 4.69) is 20.9 Å². The number of halogens is 2. The Kier molecular flexibility index (Phi) is 11.9. The Labute approximate surface area is 217 Å². The van der Waals surface area contributed by atoms with Crippen molar-refractivity contribution in [1.29, 1.82) is 0 Å². The molecule has 1 aliphatic rings. The molecule has 1 aliphatic heterocycles. The van der Waals surface area contributed by atoms with Crippen LogP contribution in [0.5, 0.6) is 0 Å². The number of aryl methyl sites for hydroxylation is 1. The monoisotopic (exact) mass is 525 g/mol. The smallest absolute Gasteiger partial charge is 0.337 e. The summed E-state index contributed by atoms with van der Waals surface area (Å²) in [6.45, 7) is 4.49. The molecule has 1 aromatic heterocycles. The van der Waals surface area contributed by atoms with Crippen molar-refractivity contribution < 1.29 is 19.1 Å². The van der Waals surface area contributed by atoms with Gasteiger partial charge in [-0.15, -0.1) is 24.8 Å². The number of aromatic nitrogens is 1. The molecule has 3 rings (SSSR count). The third-order valence-corrected chi connectivity index (χ3v) is 5.83. The zero-order chi connectivity index (χ0) is 24.0. The number of benzene rings is 1. The normalized spacial score (nSPS) is 17.3. The SMILES string of the molecule is COC(=O)c1cccc(C[C@@H]2CN[C@@H](C(=O)NC(C)C(=O)NCc3ccc(N)nc3C)C2)c1.Cl.Cl. The van der Waals surface area contributed by atoms with Crippen LogP contribution in [0.25, 0.3) is 0 Å². The summed E-state index contributed by atoms with van der Waals surface area (Å²) in [5.41, 5.74) is 8.81. The van der Waals surface area contributed by atoms with Crippen LogP contribution in [0.3, 0.4) is 0 Å². The minimum atomic E-state index is -0.669. The molecule has 9 nitrogen and oxygen atoms in total. The summed E-state index contributed by atoms with van der Waals surface area (Å²) < 4.78 is 4.77. The minimum absolute atomic E-state index is 0. The molecule has 1 unspecified atom stereocenters. The molecule has 0 aliphatic carbocycles. The molecule has 3 atom stereocenters. The van der Waals surface area contributed by atoms with Crippen LogP contribution in [0.4, 0.5) is 5.82 Å². The number of anilines is 1. The average molecular weight is 526 g/mol. The van der Waals surface area contributed by atoms with Crippen molar-refractivity contribution >= 4 is 48.4 Å².